The van der Waals surface area contributed by atoms with Crippen molar-refractivity contribution in [1.82, 2.24) is 9.38 Å². The molecule has 3 rings (SSSR count). The van der Waals surface area contributed by atoms with E-state index in [9.17, 15) is 18.7 Å². The molecule has 2 aromatic heterocycles. The highest BCUT2D eigenvalue weighted by Gasteiger charge is 2.21. The second kappa shape index (κ2) is 4.92. The molecule has 7 heteroatoms. The van der Waals surface area contributed by atoms with Gasteiger partial charge in [0.25, 0.3) is 0 Å². The quantitative estimate of drug-likeness (QED) is 0.714. The van der Waals surface area contributed by atoms with E-state index in [0.717, 1.165) is 12.1 Å². The zero-order chi connectivity index (χ0) is 15.1. The molecule has 1 aromatic carbocycles. The summed E-state index contributed by atoms with van der Waals surface area (Å²) in [6, 6.07) is 8.24. The molecule has 0 radical (unpaired) electrons. The summed E-state index contributed by atoms with van der Waals surface area (Å²) in [5, 5.41) is 9.28. The summed E-state index contributed by atoms with van der Waals surface area (Å²) in [7, 11) is 0. The molecule has 0 aliphatic rings. The Morgan fingerprint density at radius 2 is 1.95 bits per heavy atom. The van der Waals surface area contributed by atoms with E-state index in [4.69, 9.17) is 0 Å². The van der Waals surface area contributed by atoms with Crippen LogP contribution < -0.4 is 0 Å². The number of carboxylic acid groups (broad SMARTS) is 1. The van der Waals surface area contributed by atoms with Gasteiger partial charge < -0.3 is 5.11 Å². The molecule has 0 spiro atoms. The minimum absolute atomic E-state index is 0.184. The van der Waals surface area contributed by atoms with E-state index in [0.29, 0.717) is 10.3 Å². The van der Waals surface area contributed by atoms with Gasteiger partial charge in [-0.15, -0.1) is 0 Å². The molecular weight excluding hydrogens is 346 g/mol. The molecule has 0 atom stereocenters. The third-order valence-electron chi connectivity index (χ3n) is 2.99. The normalized spacial score (nSPS) is 11.0. The predicted molar refractivity (Wildman–Crippen MR) is 75.2 cm³/mol. The molecule has 0 bridgehead atoms. The fraction of sp³-hybridized carbons (Fsp3) is 0. The molecule has 1 N–H and O–H groups in total. The summed E-state index contributed by atoms with van der Waals surface area (Å²) in [6.07, 6.45) is 0. The highest BCUT2D eigenvalue weighted by atomic mass is 79.9. The molecule has 0 aliphatic carbocycles. The minimum Gasteiger partial charge on any atom is -0.476 e. The first-order chi connectivity index (χ1) is 9.99. The molecular formula is C14H7BrF2N2O2. The van der Waals surface area contributed by atoms with Gasteiger partial charge >= 0.3 is 5.97 Å². The van der Waals surface area contributed by atoms with E-state index in [1.54, 1.807) is 18.2 Å². The Morgan fingerprint density at radius 3 is 2.62 bits per heavy atom. The molecule has 0 aliphatic heterocycles. The second-order valence-electron chi connectivity index (χ2n) is 4.29. The van der Waals surface area contributed by atoms with Gasteiger partial charge in [-0.05, 0) is 46.3 Å². The van der Waals surface area contributed by atoms with Crippen LogP contribution in [0.15, 0.2) is 41.0 Å². The average molecular weight is 353 g/mol. The van der Waals surface area contributed by atoms with E-state index in [-0.39, 0.29) is 17.0 Å². The lowest BCUT2D eigenvalue weighted by Gasteiger charge is -2.06. The zero-order valence-electron chi connectivity index (χ0n) is 10.3. The number of aromatic nitrogens is 2. The Labute approximate surface area is 125 Å². The first-order valence-corrected chi connectivity index (χ1v) is 6.64. The number of fused-ring (bicyclic) bond motifs is 1. The number of nitrogens with zero attached hydrogens (tertiary/aromatic N) is 2. The van der Waals surface area contributed by atoms with Crippen LogP contribution in [-0.4, -0.2) is 20.5 Å². The number of aromatic carboxylic acids is 1. The number of rotatable bonds is 2. The molecule has 21 heavy (non-hydrogen) atoms. The summed E-state index contributed by atoms with van der Waals surface area (Å²) >= 11 is 3.30. The number of carboxylic acids is 1. The van der Waals surface area contributed by atoms with Gasteiger partial charge in [0.15, 0.2) is 17.3 Å². The van der Waals surface area contributed by atoms with Gasteiger partial charge in [-0.25, -0.2) is 18.6 Å². The maximum Gasteiger partial charge on any atom is 0.356 e. The lowest BCUT2D eigenvalue weighted by Crippen LogP contribution is -2.01. The molecule has 0 fully saturated rings. The molecule has 106 valence electrons. The summed E-state index contributed by atoms with van der Waals surface area (Å²) in [5.41, 5.74) is 0.573. The smallest absolute Gasteiger partial charge is 0.356 e. The molecule has 2 heterocycles. The Morgan fingerprint density at radius 1 is 1.19 bits per heavy atom. The molecule has 4 nitrogen and oxygen atoms in total. The van der Waals surface area contributed by atoms with Crippen LogP contribution >= 0.6 is 15.9 Å². The predicted octanol–water partition coefficient (Wildman–Crippen LogP) is 3.74. The van der Waals surface area contributed by atoms with Crippen molar-refractivity contribution < 1.29 is 18.7 Å². The van der Waals surface area contributed by atoms with Crippen molar-refractivity contribution >= 4 is 27.5 Å². The standard InChI is InChI=1S/C14H7BrF2N2O2/c15-10-2-1-3-11-18-12(14(20)21)13(19(10)11)7-4-5-8(16)9(17)6-7/h1-6H,(H,20,21). The molecule has 0 saturated carbocycles. The van der Waals surface area contributed by atoms with Crippen LogP contribution in [0.2, 0.25) is 0 Å². The van der Waals surface area contributed by atoms with Crippen molar-refractivity contribution in [3.63, 3.8) is 0 Å². The summed E-state index contributed by atoms with van der Waals surface area (Å²) in [4.78, 5) is 15.4. The highest BCUT2D eigenvalue weighted by Crippen LogP contribution is 2.29. The Kier molecular flexibility index (Phi) is 3.21. The Balaban J connectivity index is 2.41. The van der Waals surface area contributed by atoms with Crippen LogP contribution in [-0.2, 0) is 0 Å². The van der Waals surface area contributed by atoms with E-state index < -0.39 is 17.6 Å². The lowest BCUT2D eigenvalue weighted by molar-refractivity contribution is 0.0692. The Hall–Kier alpha value is -2.28. The number of imidazole rings is 1. The van der Waals surface area contributed by atoms with Crippen LogP contribution in [0.3, 0.4) is 0 Å². The van der Waals surface area contributed by atoms with E-state index in [1.165, 1.54) is 10.5 Å². The van der Waals surface area contributed by atoms with Crippen molar-refractivity contribution in [2.45, 2.75) is 0 Å². The number of carbonyl (C=O) groups is 1. The lowest BCUT2D eigenvalue weighted by atomic mass is 10.1. The largest absolute Gasteiger partial charge is 0.476 e. The van der Waals surface area contributed by atoms with E-state index in [1.807, 2.05) is 0 Å². The van der Waals surface area contributed by atoms with Gasteiger partial charge in [0.2, 0.25) is 0 Å². The average Bonchev–Trinajstić information content (AvgIpc) is 2.83. The SMILES string of the molecule is O=C(O)c1nc2cccc(Br)n2c1-c1ccc(F)c(F)c1. The van der Waals surface area contributed by atoms with Crippen molar-refractivity contribution in [1.29, 1.82) is 0 Å². The van der Waals surface area contributed by atoms with Crippen LogP contribution in [0.4, 0.5) is 8.78 Å². The summed E-state index contributed by atoms with van der Waals surface area (Å²) in [5.74, 6) is -3.29. The van der Waals surface area contributed by atoms with E-state index >= 15 is 0 Å². The number of halogens is 3. The molecule has 0 saturated heterocycles. The molecule has 3 aromatic rings. The zero-order valence-corrected chi connectivity index (χ0v) is 11.9. The second-order valence-corrected chi connectivity index (χ2v) is 5.10. The van der Waals surface area contributed by atoms with Gasteiger partial charge in [0.05, 0.1) is 10.3 Å². The molecule has 0 unspecified atom stereocenters. The van der Waals surface area contributed by atoms with Crippen molar-refractivity contribution in [3.8, 4) is 11.3 Å². The minimum atomic E-state index is -1.25. The fourth-order valence-corrected chi connectivity index (χ4v) is 2.62. The van der Waals surface area contributed by atoms with Gasteiger partial charge in [-0.2, -0.15) is 0 Å². The maximum atomic E-state index is 13.4. The number of benzene rings is 1. The summed E-state index contributed by atoms with van der Waals surface area (Å²) < 4.78 is 28.6. The maximum absolute atomic E-state index is 13.4. The highest BCUT2D eigenvalue weighted by molar-refractivity contribution is 9.10. The number of hydrogen-bond acceptors (Lipinski definition) is 2. The van der Waals surface area contributed by atoms with Crippen LogP contribution in [0, 0.1) is 11.6 Å². The first kappa shape index (κ1) is 13.7. The Bertz CT molecular complexity index is 877. The first-order valence-electron chi connectivity index (χ1n) is 5.84. The molecule has 0 amide bonds. The third kappa shape index (κ3) is 2.19. The number of pyridine rings is 1. The van der Waals surface area contributed by atoms with Crippen molar-refractivity contribution in [2.24, 2.45) is 0 Å². The van der Waals surface area contributed by atoms with Crippen molar-refractivity contribution in [3.05, 3.63) is 58.3 Å². The van der Waals surface area contributed by atoms with Crippen molar-refractivity contribution in [2.75, 3.05) is 0 Å². The van der Waals surface area contributed by atoms with Crippen LogP contribution in [0.1, 0.15) is 10.5 Å². The number of hydrogen-bond donors (Lipinski definition) is 1. The van der Waals surface area contributed by atoms with Crippen LogP contribution in [0.25, 0.3) is 16.9 Å². The third-order valence-corrected chi connectivity index (χ3v) is 3.61. The van der Waals surface area contributed by atoms with E-state index in [2.05, 4.69) is 20.9 Å². The topological polar surface area (TPSA) is 54.6 Å². The van der Waals surface area contributed by atoms with Crippen LogP contribution in [0.5, 0.6) is 0 Å². The van der Waals surface area contributed by atoms with Gasteiger partial charge in [0, 0.05) is 5.56 Å². The monoisotopic (exact) mass is 352 g/mol. The van der Waals surface area contributed by atoms with Gasteiger partial charge in [0.1, 0.15) is 5.65 Å². The summed E-state index contributed by atoms with van der Waals surface area (Å²) in [6.45, 7) is 0. The van der Waals surface area contributed by atoms with Gasteiger partial charge in [-0.3, -0.25) is 4.40 Å². The van der Waals surface area contributed by atoms with Gasteiger partial charge in [-0.1, -0.05) is 6.07 Å². The fourth-order valence-electron chi connectivity index (χ4n) is 2.11.